The van der Waals surface area contributed by atoms with E-state index in [0.29, 0.717) is 12.8 Å². The van der Waals surface area contributed by atoms with Gasteiger partial charge in [-0.3, -0.25) is 9.59 Å². The zero-order valence-electron chi connectivity index (χ0n) is 4.81. The van der Waals surface area contributed by atoms with E-state index >= 15 is 0 Å². The van der Waals surface area contributed by atoms with Crippen molar-refractivity contribution in [2.75, 3.05) is 0 Å². The van der Waals surface area contributed by atoms with E-state index < -0.39 is 0 Å². The molecule has 0 heterocycles. The molecule has 0 aromatic carbocycles. The second kappa shape index (κ2) is 4.50. The lowest BCUT2D eigenvalue weighted by atomic mass is 10.1. The van der Waals surface area contributed by atoms with Crippen LogP contribution in [0.3, 0.4) is 0 Å². The first-order valence-corrected chi connectivity index (χ1v) is 2.51. The average molecular weight is 112 g/mol. The molecule has 0 bridgehead atoms. The van der Waals surface area contributed by atoms with Crippen LogP contribution in [0.4, 0.5) is 0 Å². The third kappa shape index (κ3) is 3.53. The summed E-state index contributed by atoms with van der Waals surface area (Å²) < 4.78 is 0. The van der Waals surface area contributed by atoms with Crippen LogP contribution in [0.2, 0.25) is 0 Å². The van der Waals surface area contributed by atoms with Crippen molar-refractivity contribution in [2.45, 2.75) is 19.8 Å². The number of carbonyl (C=O) groups excluding carboxylic acids is 2. The molecule has 0 atom stereocenters. The van der Waals surface area contributed by atoms with Gasteiger partial charge in [-0.1, -0.05) is 6.92 Å². The minimum Gasteiger partial charge on any atom is -0.291 e. The molecular weight excluding hydrogens is 104 g/mol. The van der Waals surface area contributed by atoms with Crippen molar-refractivity contribution in [3.05, 3.63) is 0 Å². The highest BCUT2D eigenvalue weighted by Gasteiger charge is 1.98. The molecule has 2 radical (unpaired) electrons. The average Bonchev–Trinajstić information content (AvgIpc) is 1.68. The molecule has 0 amide bonds. The van der Waals surface area contributed by atoms with Crippen molar-refractivity contribution in [3.8, 4) is 0 Å². The quantitative estimate of drug-likeness (QED) is 0.534. The Morgan fingerprint density at radius 3 is 1.88 bits per heavy atom. The number of rotatable bonds is 4. The Balaban J connectivity index is 3.16. The van der Waals surface area contributed by atoms with Crippen molar-refractivity contribution in [1.82, 2.24) is 0 Å². The maximum absolute atomic E-state index is 9.64. The summed E-state index contributed by atoms with van der Waals surface area (Å²) in [5, 5.41) is 0. The fraction of sp³-hybridized carbons (Fsp3) is 0.667. The molecule has 0 spiro atoms. The summed E-state index contributed by atoms with van der Waals surface area (Å²) in [6.07, 6.45) is 4.13. The summed E-state index contributed by atoms with van der Waals surface area (Å²) >= 11 is 0. The van der Waals surface area contributed by atoms with Crippen molar-refractivity contribution < 1.29 is 9.59 Å². The molecule has 2 nitrogen and oxygen atoms in total. The van der Waals surface area contributed by atoms with Gasteiger partial charge < -0.3 is 0 Å². The number of hydrogen-bond donors (Lipinski definition) is 0. The van der Waals surface area contributed by atoms with Gasteiger partial charge in [0.15, 0.2) is 12.6 Å². The Morgan fingerprint density at radius 2 is 1.62 bits per heavy atom. The van der Waals surface area contributed by atoms with Crippen molar-refractivity contribution >= 4 is 12.6 Å². The standard InChI is InChI=1S/C6H8O2/c1-6(2-4-7)3-5-8/h6H,2-3H2,1H3. The SMILES string of the molecule is CC(C[C]=O)C[C]=O. The smallest absolute Gasteiger partial charge is 0.198 e. The van der Waals surface area contributed by atoms with Crippen LogP contribution in [0.5, 0.6) is 0 Å². The molecule has 0 aliphatic carbocycles. The van der Waals surface area contributed by atoms with Gasteiger partial charge in [0.05, 0.1) is 0 Å². The largest absolute Gasteiger partial charge is 0.291 e. The summed E-state index contributed by atoms with van der Waals surface area (Å²) in [4.78, 5) is 19.3. The van der Waals surface area contributed by atoms with Crippen LogP contribution in [0.1, 0.15) is 19.8 Å². The molecule has 0 aliphatic heterocycles. The molecule has 2 heteroatoms. The molecule has 0 N–H and O–H groups in total. The van der Waals surface area contributed by atoms with E-state index in [1.165, 1.54) is 0 Å². The first-order chi connectivity index (χ1) is 3.81. The third-order valence-corrected chi connectivity index (χ3v) is 0.864. The zero-order valence-corrected chi connectivity index (χ0v) is 4.81. The highest BCUT2D eigenvalue weighted by atomic mass is 16.1. The second-order valence-electron chi connectivity index (χ2n) is 1.80. The third-order valence-electron chi connectivity index (χ3n) is 0.864. The van der Waals surface area contributed by atoms with E-state index in [-0.39, 0.29) is 5.92 Å². The fourth-order valence-electron chi connectivity index (χ4n) is 0.357. The van der Waals surface area contributed by atoms with Crippen LogP contribution in [-0.4, -0.2) is 12.6 Å². The summed E-state index contributed by atoms with van der Waals surface area (Å²) in [6, 6.07) is 0. The lowest BCUT2D eigenvalue weighted by molar-refractivity contribution is 0.510. The summed E-state index contributed by atoms with van der Waals surface area (Å²) in [5.74, 6) is 0.116. The van der Waals surface area contributed by atoms with Gasteiger partial charge in [0.25, 0.3) is 0 Å². The van der Waals surface area contributed by atoms with Crippen LogP contribution >= 0.6 is 0 Å². The van der Waals surface area contributed by atoms with E-state index in [4.69, 9.17) is 0 Å². The van der Waals surface area contributed by atoms with Crippen molar-refractivity contribution in [1.29, 1.82) is 0 Å². The number of hydrogen-bond acceptors (Lipinski definition) is 2. The maximum atomic E-state index is 9.64. The first kappa shape index (κ1) is 7.34. The van der Waals surface area contributed by atoms with Gasteiger partial charge in [-0.2, -0.15) is 0 Å². The highest BCUT2D eigenvalue weighted by Crippen LogP contribution is 2.00. The molecule has 0 fully saturated rings. The van der Waals surface area contributed by atoms with Gasteiger partial charge in [0, 0.05) is 12.8 Å². The topological polar surface area (TPSA) is 34.1 Å². The van der Waals surface area contributed by atoms with Crippen LogP contribution in [0.25, 0.3) is 0 Å². The molecule has 44 valence electrons. The molecule has 0 aromatic heterocycles. The molecule has 0 saturated heterocycles. The highest BCUT2D eigenvalue weighted by molar-refractivity contribution is 5.54. The van der Waals surface area contributed by atoms with Crippen LogP contribution in [0, 0.1) is 5.92 Å². The lowest BCUT2D eigenvalue weighted by Gasteiger charge is -1.95. The van der Waals surface area contributed by atoms with E-state index in [9.17, 15) is 9.59 Å². The molecule has 0 saturated carbocycles. The van der Waals surface area contributed by atoms with Crippen LogP contribution < -0.4 is 0 Å². The van der Waals surface area contributed by atoms with Crippen molar-refractivity contribution in [3.63, 3.8) is 0 Å². The predicted octanol–water partition coefficient (Wildman–Crippen LogP) is 0.622. The van der Waals surface area contributed by atoms with E-state index in [1.54, 1.807) is 12.6 Å². The summed E-state index contributed by atoms with van der Waals surface area (Å²) in [6.45, 7) is 1.82. The minimum absolute atomic E-state index is 0.116. The molecule has 0 aromatic rings. The van der Waals surface area contributed by atoms with E-state index in [2.05, 4.69) is 0 Å². The lowest BCUT2D eigenvalue weighted by Crippen LogP contribution is -1.94. The Hall–Kier alpha value is -0.660. The van der Waals surface area contributed by atoms with Gasteiger partial charge in [-0.15, -0.1) is 0 Å². The Morgan fingerprint density at radius 1 is 1.25 bits per heavy atom. The Labute approximate surface area is 48.9 Å². The molecule has 8 heavy (non-hydrogen) atoms. The first-order valence-electron chi connectivity index (χ1n) is 2.51. The van der Waals surface area contributed by atoms with Gasteiger partial charge >= 0.3 is 0 Å². The van der Waals surface area contributed by atoms with E-state index in [0.717, 1.165) is 0 Å². The minimum atomic E-state index is 0.116. The summed E-state index contributed by atoms with van der Waals surface area (Å²) in [7, 11) is 0. The van der Waals surface area contributed by atoms with E-state index in [1.807, 2.05) is 6.92 Å². The Bertz CT molecular complexity index is 68.6. The van der Waals surface area contributed by atoms with Gasteiger partial charge in [0.1, 0.15) is 0 Å². The van der Waals surface area contributed by atoms with Gasteiger partial charge in [-0.05, 0) is 5.92 Å². The maximum Gasteiger partial charge on any atom is 0.198 e. The predicted molar refractivity (Wildman–Crippen MR) is 29.8 cm³/mol. The molecular formula is C6H8O2. The molecule has 0 aliphatic rings. The summed E-state index contributed by atoms with van der Waals surface area (Å²) in [5.41, 5.74) is 0. The Kier molecular flexibility index (Phi) is 4.13. The zero-order chi connectivity index (χ0) is 6.41. The normalized spacial score (nSPS) is 9.25. The van der Waals surface area contributed by atoms with Gasteiger partial charge in [-0.25, -0.2) is 0 Å². The van der Waals surface area contributed by atoms with Crippen LogP contribution in [-0.2, 0) is 9.59 Å². The molecule has 0 rings (SSSR count). The fourth-order valence-corrected chi connectivity index (χ4v) is 0.357. The van der Waals surface area contributed by atoms with Crippen molar-refractivity contribution in [2.24, 2.45) is 5.92 Å². The monoisotopic (exact) mass is 112 g/mol. The second-order valence-corrected chi connectivity index (χ2v) is 1.80. The van der Waals surface area contributed by atoms with Gasteiger partial charge in [0.2, 0.25) is 0 Å². The molecule has 0 unspecified atom stereocenters. The van der Waals surface area contributed by atoms with Crippen LogP contribution in [0.15, 0.2) is 0 Å².